The van der Waals surface area contributed by atoms with E-state index in [4.69, 9.17) is 9.47 Å². The Balaban J connectivity index is 1.72. The van der Waals surface area contributed by atoms with Crippen LogP contribution < -0.4 is 14.8 Å². The van der Waals surface area contributed by atoms with Crippen molar-refractivity contribution in [3.63, 3.8) is 0 Å². The maximum absolute atomic E-state index is 5.70. The van der Waals surface area contributed by atoms with E-state index in [1.807, 2.05) is 6.07 Å². The largest absolute Gasteiger partial charge is 0.490 e. The van der Waals surface area contributed by atoms with Gasteiger partial charge in [0.2, 0.25) is 0 Å². The molecule has 0 aromatic heterocycles. The first-order valence-electron chi connectivity index (χ1n) is 7.49. The molecule has 0 atom stereocenters. The highest BCUT2D eigenvalue weighted by Crippen LogP contribution is 2.30. The van der Waals surface area contributed by atoms with Crippen molar-refractivity contribution >= 4 is 0 Å². The predicted molar refractivity (Wildman–Crippen MR) is 81.5 cm³/mol. The highest BCUT2D eigenvalue weighted by molar-refractivity contribution is 5.43. The van der Waals surface area contributed by atoms with Gasteiger partial charge in [-0.25, -0.2) is 0 Å². The molecular weight excluding hydrogens is 252 g/mol. The van der Waals surface area contributed by atoms with Gasteiger partial charge in [0, 0.05) is 13.0 Å². The van der Waals surface area contributed by atoms with Crippen LogP contribution in [0.2, 0.25) is 0 Å². The topological polar surface area (TPSA) is 33.7 Å². The summed E-state index contributed by atoms with van der Waals surface area (Å²) in [5.74, 6) is 1.76. The number of fused-ring (bicyclic) bond motifs is 1. The third-order valence-electron chi connectivity index (χ3n) is 3.35. The van der Waals surface area contributed by atoms with Gasteiger partial charge in [-0.2, -0.15) is 0 Å². The molecule has 20 heavy (non-hydrogen) atoms. The smallest absolute Gasteiger partial charge is 0.161 e. The molecule has 0 unspecified atom stereocenters. The number of ether oxygens (including phenoxy) is 2. The van der Waals surface area contributed by atoms with Crippen molar-refractivity contribution in [3.8, 4) is 11.5 Å². The Morgan fingerprint density at radius 2 is 1.90 bits per heavy atom. The van der Waals surface area contributed by atoms with Gasteiger partial charge in [0.15, 0.2) is 11.5 Å². The van der Waals surface area contributed by atoms with Gasteiger partial charge in [-0.3, -0.25) is 0 Å². The predicted octanol–water partition coefficient (Wildman–Crippen LogP) is 2.28. The van der Waals surface area contributed by atoms with E-state index in [-0.39, 0.29) is 0 Å². The zero-order chi connectivity index (χ0) is 14.2. The van der Waals surface area contributed by atoms with Crippen molar-refractivity contribution in [2.45, 2.75) is 25.8 Å². The normalized spacial score (nSPS) is 14.3. The van der Waals surface area contributed by atoms with Crippen LogP contribution in [-0.4, -0.2) is 45.3 Å². The molecule has 0 amide bonds. The number of nitrogens with one attached hydrogen (secondary N) is 1. The summed E-state index contributed by atoms with van der Waals surface area (Å²) in [6, 6.07) is 6.22. The molecule has 0 saturated heterocycles. The van der Waals surface area contributed by atoms with Gasteiger partial charge in [0.1, 0.15) is 0 Å². The lowest BCUT2D eigenvalue weighted by molar-refractivity contribution is 0.297. The second kappa shape index (κ2) is 8.12. The first-order chi connectivity index (χ1) is 9.75. The van der Waals surface area contributed by atoms with Gasteiger partial charge < -0.3 is 19.7 Å². The molecule has 0 fully saturated rings. The molecule has 1 aliphatic heterocycles. The third-order valence-corrected chi connectivity index (χ3v) is 3.35. The summed E-state index contributed by atoms with van der Waals surface area (Å²) in [7, 11) is 4.23. The quantitative estimate of drug-likeness (QED) is 0.776. The molecule has 4 heteroatoms. The molecule has 0 saturated carbocycles. The second-order valence-corrected chi connectivity index (χ2v) is 5.52. The summed E-state index contributed by atoms with van der Waals surface area (Å²) in [5, 5.41) is 3.48. The summed E-state index contributed by atoms with van der Waals surface area (Å²) in [6.45, 7) is 4.59. The lowest BCUT2D eigenvalue weighted by atomic mass is 10.2. The number of hydrogen-bond donors (Lipinski definition) is 1. The van der Waals surface area contributed by atoms with Crippen LogP contribution in [-0.2, 0) is 6.54 Å². The summed E-state index contributed by atoms with van der Waals surface area (Å²) in [5.41, 5.74) is 1.25. The van der Waals surface area contributed by atoms with Crippen LogP contribution in [0.25, 0.3) is 0 Å². The fourth-order valence-corrected chi connectivity index (χ4v) is 2.23. The first-order valence-corrected chi connectivity index (χ1v) is 7.49. The van der Waals surface area contributed by atoms with Crippen LogP contribution in [0.4, 0.5) is 0 Å². The summed E-state index contributed by atoms with van der Waals surface area (Å²) < 4.78 is 11.3. The van der Waals surface area contributed by atoms with Crippen molar-refractivity contribution in [1.29, 1.82) is 0 Å². The zero-order valence-corrected chi connectivity index (χ0v) is 12.7. The minimum absolute atomic E-state index is 0.744. The van der Waals surface area contributed by atoms with E-state index in [1.165, 1.54) is 18.4 Å². The second-order valence-electron chi connectivity index (χ2n) is 5.52. The van der Waals surface area contributed by atoms with Crippen molar-refractivity contribution in [1.82, 2.24) is 10.2 Å². The minimum atomic E-state index is 0.744. The average molecular weight is 278 g/mol. The van der Waals surface area contributed by atoms with Crippen LogP contribution >= 0.6 is 0 Å². The van der Waals surface area contributed by atoms with Gasteiger partial charge >= 0.3 is 0 Å². The van der Waals surface area contributed by atoms with Crippen LogP contribution in [0.1, 0.15) is 24.8 Å². The van der Waals surface area contributed by atoms with Crippen LogP contribution in [0, 0.1) is 0 Å². The Hall–Kier alpha value is -1.26. The molecule has 1 heterocycles. The molecule has 1 aliphatic rings. The first kappa shape index (κ1) is 15.1. The maximum atomic E-state index is 5.70. The van der Waals surface area contributed by atoms with E-state index in [2.05, 4.69) is 36.4 Å². The number of rotatable bonds is 7. The molecular formula is C16H26N2O2. The Kier molecular flexibility index (Phi) is 6.15. The monoisotopic (exact) mass is 278 g/mol. The SMILES string of the molecule is CN(C)CCCCNCc1ccc2c(c1)OCCCO2. The number of benzene rings is 1. The molecule has 0 radical (unpaired) electrons. The molecule has 1 aromatic carbocycles. The summed E-state index contributed by atoms with van der Waals surface area (Å²) >= 11 is 0. The van der Waals surface area contributed by atoms with Crippen molar-refractivity contribution in [3.05, 3.63) is 23.8 Å². The molecule has 2 rings (SSSR count). The van der Waals surface area contributed by atoms with E-state index in [0.29, 0.717) is 0 Å². The minimum Gasteiger partial charge on any atom is -0.490 e. The highest BCUT2D eigenvalue weighted by Gasteiger charge is 2.10. The van der Waals surface area contributed by atoms with E-state index in [9.17, 15) is 0 Å². The Labute approximate surface area is 122 Å². The lowest BCUT2D eigenvalue weighted by Gasteiger charge is -2.11. The zero-order valence-electron chi connectivity index (χ0n) is 12.7. The molecule has 4 nitrogen and oxygen atoms in total. The molecule has 1 N–H and O–H groups in total. The van der Waals surface area contributed by atoms with Gasteiger partial charge in [-0.1, -0.05) is 6.07 Å². The van der Waals surface area contributed by atoms with Gasteiger partial charge in [-0.05, 0) is 57.7 Å². The Morgan fingerprint density at radius 3 is 2.70 bits per heavy atom. The van der Waals surface area contributed by atoms with E-state index in [1.54, 1.807) is 0 Å². The van der Waals surface area contributed by atoms with Gasteiger partial charge in [0.05, 0.1) is 13.2 Å². The third kappa shape index (κ3) is 5.02. The van der Waals surface area contributed by atoms with E-state index in [0.717, 1.165) is 50.8 Å². The molecule has 0 bridgehead atoms. The van der Waals surface area contributed by atoms with Crippen LogP contribution in [0.15, 0.2) is 18.2 Å². The molecule has 1 aromatic rings. The Morgan fingerprint density at radius 1 is 1.10 bits per heavy atom. The summed E-state index contributed by atoms with van der Waals surface area (Å²) in [4.78, 5) is 2.23. The fraction of sp³-hybridized carbons (Fsp3) is 0.625. The molecule has 0 aliphatic carbocycles. The standard InChI is InChI=1S/C16H26N2O2/c1-18(2)9-4-3-8-17-13-14-6-7-15-16(12-14)20-11-5-10-19-15/h6-7,12,17H,3-5,8-11,13H2,1-2H3. The maximum Gasteiger partial charge on any atom is 0.161 e. The molecule has 112 valence electrons. The van der Waals surface area contributed by atoms with Crippen molar-refractivity contribution in [2.75, 3.05) is 40.4 Å². The van der Waals surface area contributed by atoms with E-state index >= 15 is 0 Å². The van der Waals surface area contributed by atoms with Gasteiger partial charge in [-0.15, -0.1) is 0 Å². The van der Waals surface area contributed by atoms with Crippen molar-refractivity contribution < 1.29 is 9.47 Å². The highest BCUT2D eigenvalue weighted by atomic mass is 16.5. The number of unbranched alkanes of at least 4 members (excludes halogenated alkanes) is 1. The lowest BCUT2D eigenvalue weighted by Crippen LogP contribution is -2.18. The molecule has 0 spiro atoms. The average Bonchev–Trinajstić information content (AvgIpc) is 2.67. The fourth-order valence-electron chi connectivity index (χ4n) is 2.23. The van der Waals surface area contributed by atoms with E-state index < -0.39 is 0 Å². The van der Waals surface area contributed by atoms with Crippen molar-refractivity contribution in [2.24, 2.45) is 0 Å². The number of hydrogen-bond acceptors (Lipinski definition) is 4. The number of nitrogens with zero attached hydrogens (tertiary/aromatic N) is 1. The van der Waals surface area contributed by atoms with Gasteiger partial charge in [0.25, 0.3) is 0 Å². The Bertz CT molecular complexity index is 407. The summed E-state index contributed by atoms with van der Waals surface area (Å²) in [6.07, 6.45) is 3.40. The van der Waals surface area contributed by atoms with Crippen LogP contribution in [0.5, 0.6) is 11.5 Å². The van der Waals surface area contributed by atoms with Crippen LogP contribution in [0.3, 0.4) is 0 Å².